The Morgan fingerprint density at radius 2 is 1.82 bits per heavy atom. The molecule has 0 radical (unpaired) electrons. The zero-order valence-corrected chi connectivity index (χ0v) is 6.63. The minimum absolute atomic E-state index is 0.454. The van der Waals surface area contributed by atoms with Crippen molar-refractivity contribution in [3.05, 3.63) is 29.3 Å². The smallest absolute Gasteiger partial charge is 0.298 e. The Hall–Kier alpha value is -1.31. The summed E-state index contributed by atoms with van der Waals surface area (Å²) in [5.74, 6) is 0.669. The number of para-hydroxylation sites is 1. The number of carbonyl (C=O) groups excluding carboxylic acids is 1. The fraction of sp³-hybridized carbons (Fsp3) is 0.222. The predicted octanol–water partition coefficient (Wildman–Crippen LogP) is 1.84. The minimum Gasteiger partial charge on any atom is -0.428 e. The molecule has 1 aromatic rings. The van der Waals surface area contributed by atoms with Crippen molar-refractivity contribution in [1.29, 1.82) is 0 Å². The third-order valence-electron chi connectivity index (χ3n) is 1.57. The Kier molecular flexibility index (Phi) is 2.26. The summed E-state index contributed by atoms with van der Waals surface area (Å²) in [6.07, 6.45) is 0. The van der Waals surface area contributed by atoms with Crippen molar-refractivity contribution in [3.63, 3.8) is 0 Å². The Balaban J connectivity index is 3.09. The van der Waals surface area contributed by atoms with Gasteiger partial charge >= 0.3 is 0 Å². The zero-order chi connectivity index (χ0) is 8.27. The van der Waals surface area contributed by atoms with Crippen LogP contribution in [-0.2, 0) is 4.79 Å². The Labute approximate surface area is 65.8 Å². The monoisotopic (exact) mass is 150 g/mol. The fourth-order valence-corrected chi connectivity index (χ4v) is 1.03. The highest BCUT2D eigenvalue weighted by Gasteiger charge is 2.00. The molecular weight excluding hydrogens is 140 g/mol. The second kappa shape index (κ2) is 3.19. The molecule has 0 atom stereocenters. The van der Waals surface area contributed by atoms with Crippen LogP contribution in [0.2, 0.25) is 0 Å². The predicted molar refractivity (Wildman–Crippen MR) is 42.6 cm³/mol. The van der Waals surface area contributed by atoms with Crippen LogP contribution in [0.1, 0.15) is 11.1 Å². The molecule has 1 aromatic carbocycles. The molecule has 11 heavy (non-hydrogen) atoms. The molecule has 0 aliphatic rings. The highest BCUT2D eigenvalue weighted by Crippen LogP contribution is 2.21. The lowest BCUT2D eigenvalue weighted by atomic mass is 10.1. The third-order valence-corrected chi connectivity index (χ3v) is 1.57. The molecule has 0 aliphatic carbocycles. The average Bonchev–Trinajstić information content (AvgIpc) is 1.97. The summed E-state index contributed by atoms with van der Waals surface area (Å²) in [4.78, 5) is 10.1. The molecule has 0 bridgehead atoms. The van der Waals surface area contributed by atoms with E-state index < -0.39 is 0 Å². The zero-order valence-electron chi connectivity index (χ0n) is 6.63. The van der Waals surface area contributed by atoms with Crippen molar-refractivity contribution < 1.29 is 9.53 Å². The molecule has 0 aliphatic heterocycles. The van der Waals surface area contributed by atoms with Crippen molar-refractivity contribution in [2.45, 2.75) is 13.8 Å². The van der Waals surface area contributed by atoms with Gasteiger partial charge in [-0.15, -0.1) is 0 Å². The second-order valence-corrected chi connectivity index (χ2v) is 2.44. The van der Waals surface area contributed by atoms with Crippen molar-refractivity contribution in [2.75, 3.05) is 0 Å². The number of hydrogen-bond acceptors (Lipinski definition) is 2. The van der Waals surface area contributed by atoms with Gasteiger partial charge in [0.1, 0.15) is 5.75 Å². The van der Waals surface area contributed by atoms with E-state index in [0.717, 1.165) is 11.1 Å². The van der Waals surface area contributed by atoms with Gasteiger partial charge in [0.2, 0.25) is 0 Å². The van der Waals surface area contributed by atoms with Gasteiger partial charge in [-0.25, -0.2) is 0 Å². The number of ether oxygens (including phenoxy) is 1. The number of carbonyl (C=O) groups is 1. The molecule has 58 valence electrons. The Morgan fingerprint density at radius 1 is 1.27 bits per heavy atom. The first-order valence-corrected chi connectivity index (χ1v) is 3.42. The molecule has 0 saturated carbocycles. The first kappa shape index (κ1) is 7.79. The van der Waals surface area contributed by atoms with Crippen LogP contribution in [0.15, 0.2) is 18.2 Å². The van der Waals surface area contributed by atoms with Crippen LogP contribution in [0.4, 0.5) is 0 Å². The summed E-state index contributed by atoms with van der Waals surface area (Å²) < 4.78 is 4.79. The van der Waals surface area contributed by atoms with E-state index in [9.17, 15) is 4.79 Å². The summed E-state index contributed by atoms with van der Waals surface area (Å²) in [6.45, 7) is 4.27. The van der Waals surface area contributed by atoms with E-state index in [1.807, 2.05) is 32.0 Å². The first-order valence-electron chi connectivity index (χ1n) is 3.42. The second-order valence-electron chi connectivity index (χ2n) is 2.44. The normalized spacial score (nSPS) is 9.27. The van der Waals surface area contributed by atoms with Gasteiger partial charge in [-0.05, 0) is 25.0 Å². The molecule has 0 aromatic heterocycles. The molecule has 2 nitrogen and oxygen atoms in total. The van der Waals surface area contributed by atoms with Crippen molar-refractivity contribution in [3.8, 4) is 5.75 Å². The standard InChI is InChI=1S/C9H10O2/c1-7-4-3-5-8(2)9(7)11-6-10/h3-6H,1-2H3. The van der Waals surface area contributed by atoms with E-state index in [-0.39, 0.29) is 0 Å². The highest BCUT2D eigenvalue weighted by molar-refractivity contribution is 5.50. The lowest BCUT2D eigenvalue weighted by molar-refractivity contribution is -0.120. The maximum atomic E-state index is 10.1. The Bertz CT molecular complexity index is 246. The molecule has 0 saturated heterocycles. The molecule has 0 heterocycles. The Morgan fingerprint density at radius 3 is 2.27 bits per heavy atom. The maximum Gasteiger partial charge on any atom is 0.298 e. The number of hydrogen-bond donors (Lipinski definition) is 0. The van der Waals surface area contributed by atoms with Crippen LogP contribution in [0.25, 0.3) is 0 Å². The van der Waals surface area contributed by atoms with E-state index >= 15 is 0 Å². The summed E-state index contributed by atoms with van der Waals surface area (Å²) in [5.41, 5.74) is 1.97. The molecule has 0 N–H and O–H groups in total. The van der Waals surface area contributed by atoms with Crippen LogP contribution in [-0.4, -0.2) is 6.47 Å². The summed E-state index contributed by atoms with van der Waals surface area (Å²) in [7, 11) is 0. The number of aryl methyl sites for hydroxylation is 2. The van der Waals surface area contributed by atoms with Gasteiger partial charge in [0.05, 0.1) is 0 Å². The van der Waals surface area contributed by atoms with Crippen LogP contribution < -0.4 is 4.74 Å². The summed E-state index contributed by atoms with van der Waals surface area (Å²) >= 11 is 0. The average molecular weight is 150 g/mol. The molecule has 1 rings (SSSR count). The summed E-state index contributed by atoms with van der Waals surface area (Å²) in [6, 6.07) is 5.75. The quantitative estimate of drug-likeness (QED) is 0.601. The molecule has 2 heteroatoms. The van der Waals surface area contributed by atoms with E-state index in [1.54, 1.807) is 0 Å². The first-order chi connectivity index (χ1) is 5.25. The topological polar surface area (TPSA) is 26.3 Å². The lowest BCUT2D eigenvalue weighted by Gasteiger charge is -2.04. The molecule has 0 spiro atoms. The van der Waals surface area contributed by atoms with Crippen molar-refractivity contribution in [1.82, 2.24) is 0 Å². The minimum atomic E-state index is 0.454. The van der Waals surface area contributed by atoms with E-state index in [4.69, 9.17) is 4.74 Å². The third kappa shape index (κ3) is 1.58. The maximum absolute atomic E-state index is 10.1. The largest absolute Gasteiger partial charge is 0.428 e. The number of benzene rings is 1. The highest BCUT2D eigenvalue weighted by atomic mass is 16.5. The van der Waals surface area contributed by atoms with Gasteiger partial charge < -0.3 is 4.74 Å². The van der Waals surface area contributed by atoms with E-state index in [0.29, 0.717) is 12.2 Å². The molecular formula is C9H10O2. The van der Waals surface area contributed by atoms with Gasteiger partial charge in [-0.3, -0.25) is 4.79 Å². The van der Waals surface area contributed by atoms with Gasteiger partial charge in [-0.1, -0.05) is 18.2 Å². The van der Waals surface area contributed by atoms with Gasteiger partial charge in [0, 0.05) is 0 Å². The molecule has 0 amide bonds. The summed E-state index contributed by atoms with van der Waals surface area (Å²) in [5, 5.41) is 0. The molecule has 0 unspecified atom stereocenters. The van der Waals surface area contributed by atoms with Crippen molar-refractivity contribution in [2.24, 2.45) is 0 Å². The van der Waals surface area contributed by atoms with Crippen LogP contribution in [0.5, 0.6) is 5.75 Å². The van der Waals surface area contributed by atoms with Gasteiger partial charge in [0.25, 0.3) is 6.47 Å². The van der Waals surface area contributed by atoms with E-state index in [1.165, 1.54) is 0 Å². The fourth-order valence-electron chi connectivity index (χ4n) is 1.03. The van der Waals surface area contributed by atoms with Gasteiger partial charge in [0.15, 0.2) is 0 Å². The van der Waals surface area contributed by atoms with Crippen LogP contribution in [0.3, 0.4) is 0 Å². The van der Waals surface area contributed by atoms with E-state index in [2.05, 4.69) is 0 Å². The van der Waals surface area contributed by atoms with Crippen molar-refractivity contribution >= 4 is 6.47 Å². The SMILES string of the molecule is Cc1cccc(C)c1OC=O. The molecule has 0 fully saturated rings. The van der Waals surface area contributed by atoms with Gasteiger partial charge in [-0.2, -0.15) is 0 Å². The van der Waals surface area contributed by atoms with Crippen LogP contribution in [0, 0.1) is 13.8 Å². The van der Waals surface area contributed by atoms with Crippen LogP contribution >= 0.6 is 0 Å². The number of rotatable bonds is 2. The lowest BCUT2D eigenvalue weighted by Crippen LogP contribution is -1.93.